The topological polar surface area (TPSA) is 49.7 Å². The maximum Gasteiger partial charge on any atom is 0.244 e. The number of Topliss-reactive ketones (excluding diaryl/α,β-unsaturated/α-hetero) is 1. The van der Waals surface area contributed by atoms with E-state index in [9.17, 15) is 9.59 Å². The third kappa shape index (κ3) is 4.61. The average molecular weight is 378 g/mol. The minimum absolute atomic E-state index is 0. The third-order valence-electron chi connectivity index (χ3n) is 2.60. The molecule has 4 nitrogen and oxygen atoms in total. The largest absolute Gasteiger partial charge is 0.343 e. The Morgan fingerprint density at radius 3 is 2.85 bits per heavy atom. The molecular formula is C13H14BrClN2O2S. The Labute approximate surface area is 136 Å². The summed E-state index contributed by atoms with van der Waals surface area (Å²) in [5.41, 5.74) is 0.661. The van der Waals surface area contributed by atoms with Gasteiger partial charge in [0.25, 0.3) is 0 Å². The molecule has 1 aliphatic heterocycles. The van der Waals surface area contributed by atoms with Crippen LogP contribution in [-0.2, 0) is 4.79 Å². The molecule has 7 heteroatoms. The van der Waals surface area contributed by atoms with E-state index in [1.54, 1.807) is 12.1 Å². The number of amides is 1. The maximum absolute atomic E-state index is 12.2. The molecule has 0 bridgehead atoms. The molecule has 1 aromatic carbocycles. The molecular weight excluding hydrogens is 364 g/mol. The van der Waals surface area contributed by atoms with Crippen molar-refractivity contribution >= 4 is 57.0 Å². The van der Waals surface area contributed by atoms with Gasteiger partial charge in [-0.1, -0.05) is 39.8 Å². The maximum atomic E-state index is 12.2. The highest BCUT2D eigenvalue weighted by Gasteiger charge is 2.22. The van der Waals surface area contributed by atoms with Gasteiger partial charge >= 0.3 is 0 Å². The predicted octanol–water partition coefficient (Wildman–Crippen LogP) is 3.00. The monoisotopic (exact) mass is 376 g/mol. The first-order chi connectivity index (χ1) is 9.06. The highest BCUT2D eigenvalue weighted by molar-refractivity contribution is 9.10. The first kappa shape index (κ1) is 17.2. The first-order valence-corrected chi connectivity index (χ1v) is 7.60. The molecule has 0 spiro atoms. The zero-order valence-electron chi connectivity index (χ0n) is 10.8. The van der Waals surface area contributed by atoms with E-state index in [1.807, 2.05) is 17.0 Å². The number of aliphatic imine (C=N–C) groups is 1. The highest BCUT2D eigenvalue weighted by Crippen LogP contribution is 2.19. The lowest BCUT2D eigenvalue weighted by molar-refractivity contribution is -0.115. The number of nitrogens with zero attached hydrogens (tertiary/aromatic N) is 2. The molecule has 1 amide bonds. The second-order valence-corrected chi connectivity index (χ2v) is 6.09. The number of thioether (sulfide) groups is 1. The van der Waals surface area contributed by atoms with Gasteiger partial charge < -0.3 is 4.90 Å². The van der Waals surface area contributed by atoms with Crippen LogP contribution in [0.15, 0.2) is 33.7 Å². The first-order valence-electron chi connectivity index (χ1n) is 5.82. The predicted molar refractivity (Wildman–Crippen MR) is 87.9 cm³/mol. The van der Waals surface area contributed by atoms with Crippen LogP contribution in [0.5, 0.6) is 0 Å². The van der Waals surface area contributed by atoms with Crippen LogP contribution in [0.2, 0.25) is 0 Å². The van der Waals surface area contributed by atoms with E-state index in [0.29, 0.717) is 10.7 Å². The summed E-state index contributed by atoms with van der Waals surface area (Å²) in [4.78, 5) is 29.0. The smallest absolute Gasteiger partial charge is 0.244 e. The fourth-order valence-electron chi connectivity index (χ4n) is 1.74. The Balaban J connectivity index is 0.00000200. The molecule has 1 fully saturated rings. The molecule has 0 aromatic heterocycles. The van der Waals surface area contributed by atoms with Crippen LogP contribution in [0.3, 0.4) is 0 Å². The SMILES string of the molecule is CC(=O)N=C1SCCN1CC(=O)c1cccc(Br)c1.Cl. The van der Waals surface area contributed by atoms with Gasteiger partial charge in [0.05, 0.1) is 6.54 Å². The number of carbonyl (C=O) groups is 2. The lowest BCUT2D eigenvalue weighted by Gasteiger charge is -2.16. The van der Waals surface area contributed by atoms with E-state index < -0.39 is 0 Å². The summed E-state index contributed by atoms with van der Waals surface area (Å²) < 4.78 is 0.881. The summed E-state index contributed by atoms with van der Waals surface area (Å²) in [5, 5.41) is 0.649. The standard InChI is InChI=1S/C13H13BrN2O2S.ClH/c1-9(17)15-13-16(5-6-19-13)8-12(18)10-3-2-4-11(14)7-10;/h2-4,7H,5-6,8H2,1H3;1H. The Kier molecular flexibility index (Phi) is 6.71. The fourth-order valence-corrected chi connectivity index (χ4v) is 3.17. The third-order valence-corrected chi connectivity index (χ3v) is 4.08. The van der Waals surface area contributed by atoms with E-state index in [-0.39, 0.29) is 30.6 Å². The van der Waals surface area contributed by atoms with Crippen molar-refractivity contribution in [2.75, 3.05) is 18.8 Å². The Bertz CT molecular complexity index is 551. The van der Waals surface area contributed by atoms with Crippen molar-refractivity contribution in [2.45, 2.75) is 6.92 Å². The number of carbonyl (C=O) groups excluding carboxylic acids is 2. The van der Waals surface area contributed by atoms with Crippen molar-refractivity contribution in [1.29, 1.82) is 0 Å². The molecule has 1 aliphatic rings. The van der Waals surface area contributed by atoms with Crippen LogP contribution < -0.4 is 0 Å². The summed E-state index contributed by atoms with van der Waals surface area (Å²) in [6.07, 6.45) is 0. The summed E-state index contributed by atoms with van der Waals surface area (Å²) in [7, 11) is 0. The fraction of sp³-hybridized carbons (Fsp3) is 0.308. The zero-order chi connectivity index (χ0) is 13.8. The molecule has 0 saturated carbocycles. The number of hydrogen-bond acceptors (Lipinski definition) is 3. The molecule has 0 unspecified atom stereocenters. The van der Waals surface area contributed by atoms with Gasteiger partial charge in [0.2, 0.25) is 5.91 Å². The minimum Gasteiger partial charge on any atom is -0.343 e. The molecule has 20 heavy (non-hydrogen) atoms. The number of amidine groups is 1. The second-order valence-electron chi connectivity index (χ2n) is 4.12. The molecule has 1 heterocycles. The lowest BCUT2D eigenvalue weighted by atomic mass is 10.1. The van der Waals surface area contributed by atoms with Gasteiger partial charge in [0.1, 0.15) is 0 Å². The molecule has 1 saturated heterocycles. The van der Waals surface area contributed by atoms with Gasteiger partial charge in [-0.3, -0.25) is 9.59 Å². The molecule has 108 valence electrons. The molecule has 0 atom stereocenters. The molecule has 1 aromatic rings. The van der Waals surface area contributed by atoms with E-state index in [0.717, 1.165) is 16.8 Å². The number of benzene rings is 1. The van der Waals surface area contributed by atoms with Crippen molar-refractivity contribution in [3.8, 4) is 0 Å². The van der Waals surface area contributed by atoms with Crippen LogP contribution in [-0.4, -0.2) is 40.6 Å². The Morgan fingerprint density at radius 1 is 1.45 bits per heavy atom. The van der Waals surface area contributed by atoms with Gasteiger partial charge in [-0.05, 0) is 12.1 Å². The van der Waals surface area contributed by atoms with E-state index in [2.05, 4.69) is 20.9 Å². The summed E-state index contributed by atoms with van der Waals surface area (Å²) in [6, 6.07) is 7.30. The molecule has 0 radical (unpaired) electrons. The van der Waals surface area contributed by atoms with Crippen LogP contribution in [0.1, 0.15) is 17.3 Å². The average Bonchev–Trinajstić information content (AvgIpc) is 2.75. The highest BCUT2D eigenvalue weighted by atomic mass is 79.9. The number of hydrogen-bond donors (Lipinski definition) is 0. The van der Waals surface area contributed by atoms with Crippen LogP contribution in [0.4, 0.5) is 0 Å². The van der Waals surface area contributed by atoms with Crippen molar-refractivity contribution in [3.63, 3.8) is 0 Å². The van der Waals surface area contributed by atoms with E-state index in [4.69, 9.17) is 0 Å². The Hall–Kier alpha value is -0.850. The van der Waals surface area contributed by atoms with E-state index in [1.165, 1.54) is 18.7 Å². The minimum atomic E-state index is -0.232. The summed E-state index contributed by atoms with van der Waals surface area (Å²) in [6.45, 7) is 2.42. The van der Waals surface area contributed by atoms with Gasteiger partial charge in [0.15, 0.2) is 11.0 Å². The Morgan fingerprint density at radius 2 is 2.20 bits per heavy atom. The van der Waals surface area contributed by atoms with Crippen LogP contribution >= 0.6 is 40.1 Å². The van der Waals surface area contributed by atoms with Crippen LogP contribution in [0.25, 0.3) is 0 Å². The van der Waals surface area contributed by atoms with Crippen molar-refractivity contribution in [1.82, 2.24) is 4.90 Å². The molecule has 0 N–H and O–H groups in total. The number of ketones is 1. The van der Waals surface area contributed by atoms with Crippen LogP contribution in [0, 0.1) is 0 Å². The van der Waals surface area contributed by atoms with Gasteiger partial charge in [-0.2, -0.15) is 4.99 Å². The molecule has 2 rings (SSSR count). The summed E-state index contributed by atoms with van der Waals surface area (Å²) in [5.74, 6) is 0.655. The lowest BCUT2D eigenvalue weighted by Crippen LogP contribution is -2.31. The van der Waals surface area contributed by atoms with Crippen molar-refractivity contribution in [3.05, 3.63) is 34.3 Å². The number of halogens is 2. The van der Waals surface area contributed by atoms with E-state index >= 15 is 0 Å². The van der Waals surface area contributed by atoms with Gasteiger partial charge in [-0.25, -0.2) is 0 Å². The van der Waals surface area contributed by atoms with Gasteiger partial charge in [0, 0.05) is 29.3 Å². The number of rotatable bonds is 3. The van der Waals surface area contributed by atoms with Crippen molar-refractivity contribution < 1.29 is 9.59 Å². The molecule has 0 aliphatic carbocycles. The quantitative estimate of drug-likeness (QED) is 0.760. The normalized spacial score (nSPS) is 16.1. The second kappa shape index (κ2) is 7.81. The van der Waals surface area contributed by atoms with Gasteiger partial charge in [-0.15, -0.1) is 12.4 Å². The summed E-state index contributed by atoms with van der Waals surface area (Å²) >= 11 is 4.86. The van der Waals surface area contributed by atoms with Crippen molar-refractivity contribution in [2.24, 2.45) is 4.99 Å². The zero-order valence-corrected chi connectivity index (χ0v) is 14.1.